The maximum atomic E-state index is 13.0. The van der Waals surface area contributed by atoms with E-state index in [0.29, 0.717) is 11.8 Å². The van der Waals surface area contributed by atoms with E-state index >= 15 is 0 Å². The first-order valence-electron chi connectivity index (χ1n) is 9.27. The van der Waals surface area contributed by atoms with Crippen molar-refractivity contribution in [3.8, 4) is 0 Å². The van der Waals surface area contributed by atoms with Crippen molar-refractivity contribution in [2.24, 2.45) is 5.92 Å². The maximum absolute atomic E-state index is 13.0. The largest absolute Gasteiger partial charge is 0.347 e. The van der Waals surface area contributed by atoms with E-state index < -0.39 is 0 Å². The minimum absolute atomic E-state index is 0.137. The Morgan fingerprint density at radius 1 is 1.08 bits per heavy atom. The highest BCUT2D eigenvalue weighted by Crippen LogP contribution is 2.40. The Hall–Kier alpha value is -1.95. The normalized spacial score (nSPS) is 20.8. The van der Waals surface area contributed by atoms with Crippen LogP contribution in [0.1, 0.15) is 43.0 Å². The fourth-order valence-electron chi connectivity index (χ4n) is 3.97. The Kier molecular flexibility index (Phi) is 3.73. The lowest BCUT2D eigenvalue weighted by Crippen LogP contribution is -2.42. The molecule has 1 saturated carbocycles. The van der Waals surface area contributed by atoms with E-state index in [-0.39, 0.29) is 5.92 Å². The van der Waals surface area contributed by atoms with Crippen molar-refractivity contribution in [1.29, 1.82) is 0 Å². The minimum atomic E-state index is 0.137. The SMILES string of the molecule is O=C(C1CCN(c2nc(C3CC3)ns2)CC1)N1CCc2ccccc21. The number of anilines is 2. The van der Waals surface area contributed by atoms with Gasteiger partial charge in [0.25, 0.3) is 0 Å². The molecule has 2 fully saturated rings. The van der Waals surface area contributed by atoms with E-state index in [4.69, 9.17) is 4.98 Å². The maximum Gasteiger partial charge on any atom is 0.230 e. The number of piperidine rings is 1. The Morgan fingerprint density at radius 2 is 1.88 bits per heavy atom. The van der Waals surface area contributed by atoms with Gasteiger partial charge in [-0.3, -0.25) is 4.79 Å². The summed E-state index contributed by atoms with van der Waals surface area (Å²) in [4.78, 5) is 22.0. The summed E-state index contributed by atoms with van der Waals surface area (Å²) < 4.78 is 4.51. The number of para-hydroxylation sites is 1. The molecular weight excluding hydrogens is 332 g/mol. The van der Waals surface area contributed by atoms with Crippen molar-refractivity contribution in [2.45, 2.75) is 38.0 Å². The molecule has 3 aliphatic rings. The lowest BCUT2D eigenvalue weighted by atomic mass is 9.95. The van der Waals surface area contributed by atoms with Gasteiger partial charge in [-0.15, -0.1) is 0 Å². The molecule has 0 radical (unpaired) electrons. The zero-order valence-corrected chi connectivity index (χ0v) is 15.0. The number of carbonyl (C=O) groups is 1. The molecule has 0 atom stereocenters. The van der Waals surface area contributed by atoms with Gasteiger partial charge in [0.2, 0.25) is 11.0 Å². The molecule has 2 aliphatic heterocycles. The summed E-state index contributed by atoms with van der Waals surface area (Å²) >= 11 is 1.52. The molecule has 0 unspecified atom stereocenters. The first-order chi connectivity index (χ1) is 12.3. The molecule has 3 heterocycles. The van der Waals surface area contributed by atoms with Crippen molar-refractivity contribution < 1.29 is 4.79 Å². The third kappa shape index (κ3) is 2.82. The molecular formula is C19H22N4OS. The molecule has 0 spiro atoms. The average Bonchev–Trinajstić information content (AvgIpc) is 3.23. The highest BCUT2D eigenvalue weighted by molar-refractivity contribution is 7.09. The van der Waals surface area contributed by atoms with Crippen molar-refractivity contribution >= 4 is 28.3 Å². The average molecular weight is 354 g/mol. The summed E-state index contributed by atoms with van der Waals surface area (Å²) in [6.07, 6.45) is 5.29. The van der Waals surface area contributed by atoms with Crippen LogP contribution in [0.15, 0.2) is 24.3 Å². The Morgan fingerprint density at radius 3 is 2.68 bits per heavy atom. The second kappa shape index (κ2) is 6.09. The topological polar surface area (TPSA) is 49.3 Å². The van der Waals surface area contributed by atoms with Gasteiger partial charge in [-0.25, -0.2) is 4.98 Å². The van der Waals surface area contributed by atoms with Crippen LogP contribution in [0.25, 0.3) is 0 Å². The standard InChI is InChI=1S/C19H22N4OS/c24-18(23-12-9-13-3-1-2-4-16(13)23)15-7-10-22(11-8-15)19-20-17(21-25-19)14-5-6-14/h1-4,14-15H,5-12H2. The van der Waals surface area contributed by atoms with E-state index in [1.807, 2.05) is 11.0 Å². The van der Waals surface area contributed by atoms with Crippen molar-refractivity contribution in [1.82, 2.24) is 9.36 Å². The molecule has 0 bridgehead atoms. The van der Waals surface area contributed by atoms with Gasteiger partial charge in [0.15, 0.2) is 0 Å². The highest BCUT2D eigenvalue weighted by Gasteiger charge is 2.34. The number of hydrogen-bond acceptors (Lipinski definition) is 5. The molecule has 1 amide bonds. The summed E-state index contributed by atoms with van der Waals surface area (Å²) in [5.74, 6) is 2.09. The van der Waals surface area contributed by atoms with Gasteiger partial charge in [0.05, 0.1) is 0 Å². The number of fused-ring (bicyclic) bond motifs is 1. The predicted octanol–water partition coefficient (Wildman–Crippen LogP) is 3.22. The smallest absolute Gasteiger partial charge is 0.230 e. The first kappa shape index (κ1) is 15.3. The number of rotatable bonds is 3. The number of carbonyl (C=O) groups excluding carboxylic acids is 1. The molecule has 1 aliphatic carbocycles. The van der Waals surface area contributed by atoms with Gasteiger partial charge in [0, 0.05) is 48.7 Å². The first-order valence-corrected chi connectivity index (χ1v) is 10.0. The van der Waals surface area contributed by atoms with E-state index in [2.05, 4.69) is 27.5 Å². The van der Waals surface area contributed by atoms with Gasteiger partial charge in [-0.05, 0) is 43.7 Å². The van der Waals surface area contributed by atoms with Crippen molar-refractivity contribution in [2.75, 3.05) is 29.4 Å². The monoisotopic (exact) mass is 354 g/mol. The molecule has 0 N–H and O–H groups in total. The molecule has 2 aromatic rings. The zero-order valence-electron chi connectivity index (χ0n) is 14.2. The van der Waals surface area contributed by atoms with Crippen LogP contribution >= 0.6 is 11.5 Å². The highest BCUT2D eigenvalue weighted by atomic mass is 32.1. The van der Waals surface area contributed by atoms with Crippen molar-refractivity contribution in [3.05, 3.63) is 35.7 Å². The van der Waals surface area contributed by atoms with Gasteiger partial charge in [-0.1, -0.05) is 18.2 Å². The van der Waals surface area contributed by atoms with Crippen LogP contribution < -0.4 is 9.80 Å². The number of aromatic nitrogens is 2. The van der Waals surface area contributed by atoms with Gasteiger partial charge >= 0.3 is 0 Å². The number of hydrogen-bond donors (Lipinski definition) is 0. The Bertz CT molecular complexity index is 792. The molecule has 1 aromatic heterocycles. The third-order valence-corrected chi connectivity index (χ3v) is 6.43. The minimum Gasteiger partial charge on any atom is -0.347 e. The van der Waals surface area contributed by atoms with Crippen LogP contribution in [0, 0.1) is 5.92 Å². The van der Waals surface area contributed by atoms with E-state index in [1.54, 1.807) is 0 Å². The van der Waals surface area contributed by atoms with Gasteiger partial charge in [-0.2, -0.15) is 4.37 Å². The number of nitrogens with zero attached hydrogens (tertiary/aromatic N) is 4. The molecule has 1 saturated heterocycles. The van der Waals surface area contributed by atoms with Gasteiger partial charge in [0.1, 0.15) is 5.82 Å². The van der Waals surface area contributed by atoms with Crippen LogP contribution in [-0.2, 0) is 11.2 Å². The Balaban J connectivity index is 1.23. The second-order valence-electron chi connectivity index (χ2n) is 7.34. The third-order valence-electron chi connectivity index (χ3n) is 5.64. The quantitative estimate of drug-likeness (QED) is 0.849. The molecule has 5 rings (SSSR count). The van der Waals surface area contributed by atoms with E-state index in [0.717, 1.165) is 55.5 Å². The van der Waals surface area contributed by atoms with Gasteiger partial charge < -0.3 is 9.80 Å². The second-order valence-corrected chi connectivity index (χ2v) is 8.07. The lowest BCUT2D eigenvalue weighted by molar-refractivity contribution is -0.122. The Labute approximate surface area is 151 Å². The van der Waals surface area contributed by atoms with Crippen molar-refractivity contribution in [3.63, 3.8) is 0 Å². The summed E-state index contributed by atoms with van der Waals surface area (Å²) in [7, 11) is 0. The van der Waals surface area contributed by atoms with Crippen LogP contribution in [0.4, 0.5) is 10.8 Å². The fourth-order valence-corrected chi connectivity index (χ4v) is 4.76. The number of benzene rings is 1. The van der Waals surface area contributed by atoms with Crippen LogP contribution in [0.2, 0.25) is 0 Å². The summed E-state index contributed by atoms with van der Waals surface area (Å²) in [5, 5.41) is 1.04. The zero-order chi connectivity index (χ0) is 16.8. The van der Waals surface area contributed by atoms with E-state index in [9.17, 15) is 4.79 Å². The molecule has 130 valence electrons. The van der Waals surface area contributed by atoms with Crippen LogP contribution in [-0.4, -0.2) is 34.9 Å². The molecule has 5 nitrogen and oxygen atoms in total. The van der Waals surface area contributed by atoms with Crippen LogP contribution in [0.3, 0.4) is 0 Å². The summed E-state index contributed by atoms with van der Waals surface area (Å²) in [6.45, 7) is 2.65. The lowest BCUT2D eigenvalue weighted by Gasteiger charge is -2.32. The fraction of sp³-hybridized carbons (Fsp3) is 0.526. The number of amides is 1. The summed E-state index contributed by atoms with van der Waals surface area (Å²) in [6, 6.07) is 8.30. The molecule has 6 heteroatoms. The predicted molar refractivity (Wildman–Crippen MR) is 99.3 cm³/mol. The van der Waals surface area contributed by atoms with E-state index in [1.165, 1.54) is 29.9 Å². The molecule has 25 heavy (non-hydrogen) atoms. The summed E-state index contributed by atoms with van der Waals surface area (Å²) in [5.41, 5.74) is 2.42. The molecule has 1 aromatic carbocycles. The van der Waals surface area contributed by atoms with Crippen LogP contribution in [0.5, 0.6) is 0 Å².